The zero-order valence-corrected chi connectivity index (χ0v) is 10.8. The molecule has 0 spiro atoms. The summed E-state index contributed by atoms with van der Waals surface area (Å²) in [7, 11) is 0. The molecular formula is C13H15F3N2O2. The van der Waals surface area contributed by atoms with E-state index >= 15 is 0 Å². The molecule has 4 nitrogen and oxygen atoms in total. The fourth-order valence-corrected chi connectivity index (χ4v) is 1.99. The van der Waals surface area contributed by atoms with E-state index in [2.05, 4.69) is 10.6 Å². The molecule has 7 heteroatoms. The first-order chi connectivity index (χ1) is 9.35. The van der Waals surface area contributed by atoms with E-state index in [1.165, 1.54) is 6.92 Å². The number of nitrogens with one attached hydrogen (secondary N) is 2. The number of para-hydroxylation sites is 2. The molecule has 1 aromatic carbocycles. The Morgan fingerprint density at radius 1 is 1.50 bits per heavy atom. The Bertz CT molecular complexity index is 491. The van der Waals surface area contributed by atoms with Gasteiger partial charge < -0.3 is 15.4 Å². The average Bonchev–Trinajstić information content (AvgIpc) is 2.35. The Labute approximate surface area is 114 Å². The van der Waals surface area contributed by atoms with E-state index in [0.29, 0.717) is 5.75 Å². The number of amides is 1. The van der Waals surface area contributed by atoms with E-state index in [1.54, 1.807) is 18.2 Å². The number of halogens is 3. The van der Waals surface area contributed by atoms with Crippen molar-refractivity contribution in [1.82, 2.24) is 5.32 Å². The van der Waals surface area contributed by atoms with Gasteiger partial charge in [-0.1, -0.05) is 12.1 Å². The van der Waals surface area contributed by atoms with Gasteiger partial charge in [0, 0.05) is 6.04 Å². The summed E-state index contributed by atoms with van der Waals surface area (Å²) >= 11 is 0. The van der Waals surface area contributed by atoms with Gasteiger partial charge in [0.1, 0.15) is 5.75 Å². The van der Waals surface area contributed by atoms with Crippen LogP contribution in [-0.4, -0.2) is 30.8 Å². The average molecular weight is 288 g/mol. The number of rotatable bonds is 3. The molecular weight excluding hydrogens is 273 g/mol. The molecule has 1 aliphatic heterocycles. The van der Waals surface area contributed by atoms with Gasteiger partial charge in [0.15, 0.2) is 6.10 Å². The molecule has 0 bridgehead atoms. The van der Waals surface area contributed by atoms with Gasteiger partial charge in [0.05, 0.1) is 18.7 Å². The summed E-state index contributed by atoms with van der Waals surface area (Å²) < 4.78 is 42.1. The van der Waals surface area contributed by atoms with E-state index in [1.807, 2.05) is 6.07 Å². The SMILES string of the molecule is CC(CC(F)(F)F)NC(=O)C1CNc2ccccc2O1. The van der Waals surface area contributed by atoms with Crippen LogP contribution in [0.5, 0.6) is 5.75 Å². The molecule has 0 aliphatic carbocycles. The lowest BCUT2D eigenvalue weighted by Gasteiger charge is -2.27. The lowest BCUT2D eigenvalue weighted by molar-refractivity contribution is -0.142. The minimum absolute atomic E-state index is 0.224. The van der Waals surface area contributed by atoms with Crippen molar-refractivity contribution in [3.05, 3.63) is 24.3 Å². The highest BCUT2D eigenvalue weighted by molar-refractivity contribution is 5.83. The van der Waals surface area contributed by atoms with E-state index in [-0.39, 0.29) is 6.54 Å². The van der Waals surface area contributed by atoms with Crippen LogP contribution in [0.4, 0.5) is 18.9 Å². The van der Waals surface area contributed by atoms with Crippen molar-refractivity contribution in [2.75, 3.05) is 11.9 Å². The third-order valence-electron chi connectivity index (χ3n) is 2.85. The Morgan fingerprint density at radius 2 is 2.20 bits per heavy atom. The summed E-state index contributed by atoms with van der Waals surface area (Å²) in [6, 6.07) is 6.09. The number of hydrogen-bond donors (Lipinski definition) is 2. The number of carbonyl (C=O) groups excluding carboxylic acids is 1. The fourth-order valence-electron chi connectivity index (χ4n) is 1.99. The van der Waals surface area contributed by atoms with Crippen LogP contribution in [0.2, 0.25) is 0 Å². The maximum absolute atomic E-state index is 12.2. The number of hydrogen-bond acceptors (Lipinski definition) is 3. The second kappa shape index (κ2) is 5.60. The van der Waals surface area contributed by atoms with Gasteiger partial charge in [-0.15, -0.1) is 0 Å². The van der Waals surface area contributed by atoms with Crippen molar-refractivity contribution in [3.8, 4) is 5.75 Å². The van der Waals surface area contributed by atoms with Gasteiger partial charge in [-0.05, 0) is 19.1 Å². The van der Waals surface area contributed by atoms with E-state index < -0.39 is 30.7 Å². The maximum atomic E-state index is 12.2. The summed E-state index contributed by atoms with van der Waals surface area (Å²) in [4.78, 5) is 11.9. The Balaban J connectivity index is 1.92. The highest BCUT2D eigenvalue weighted by atomic mass is 19.4. The Hall–Kier alpha value is -1.92. The molecule has 20 heavy (non-hydrogen) atoms. The van der Waals surface area contributed by atoms with Crippen LogP contribution in [0.1, 0.15) is 13.3 Å². The molecule has 0 fully saturated rings. The second-order valence-electron chi connectivity index (χ2n) is 4.71. The first-order valence-electron chi connectivity index (χ1n) is 6.22. The number of alkyl halides is 3. The first kappa shape index (κ1) is 14.5. The lowest BCUT2D eigenvalue weighted by Crippen LogP contribution is -2.48. The molecule has 0 aromatic heterocycles. The molecule has 2 atom stereocenters. The van der Waals surface area contributed by atoms with Gasteiger partial charge >= 0.3 is 6.18 Å². The molecule has 2 unspecified atom stereocenters. The minimum Gasteiger partial charge on any atom is -0.477 e. The van der Waals surface area contributed by atoms with Crippen molar-refractivity contribution >= 4 is 11.6 Å². The van der Waals surface area contributed by atoms with Gasteiger partial charge in [0.2, 0.25) is 0 Å². The zero-order valence-electron chi connectivity index (χ0n) is 10.8. The third kappa shape index (κ3) is 3.79. The Kier molecular flexibility index (Phi) is 4.06. The predicted molar refractivity (Wildman–Crippen MR) is 67.6 cm³/mol. The number of anilines is 1. The van der Waals surface area contributed by atoms with Crippen molar-refractivity contribution in [2.24, 2.45) is 0 Å². The van der Waals surface area contributed by atoms with Crippen LogP contribution < -0.4 is 15.4 Å². The number of carbonyl (C=O) groups is 1. The van der Waals surface area contributed by atoms with Crippen LogP contribution in [-0.2, 0) is 4.79 Å². The molecule has 1 aliphatic rings. The summed E-state index contributed by atoms with van der Waals surface area (Å²) in [6.45, 7) is 1.54. The third-order valence-corrected chi connectivity index (χ3v) is 2.85. The monoisotopic (exact) mass is 288 g/mol. The maximum Gasteiger partial charge on any atom is 0.391 e. The number of benzene rings is 1. The normalized spacial score (nSPS) is 19.3. The molecule has 0 radical (unpaired) electrons. The van der Waals surface area contributed by atoms with Crippen molar-refractivity contribution in [1.29, 1.82) is 0 Å². The standard InChI is InChI=1S/C13H15F3N2O2/c1-8(6-13(14,15)16)18-12(19)11-7-17-9-4-2-3-5-10(9)20-11/h2-5,8,11,17H,6-7H2,1H3,(H,18,19). The Morgan fingerprint density at radius 3 is 2.90 bits per heavy atom. The second-order valence-corrected chi connectivity index (χ2v) is 4.71. The summed E-state index contributed by atoms with van der Waals surface area (Å²) in [5.41, 5.74) is 0.764. The highest BCUT2D eigenvalue weighted by Gasteiger charge is 2.32. The molecule has 0 saturated carbocycles. The van der Waals surface area contributed by atoms with Gasteiger partial charge in [-0.2, -0.15) is 13.2 Å². The molecule has 1 amide bonds. The van der Waals surface area contributed by atoms with Crippen LogP contribution in [0.15, 0.2) is 24.3 Å². The van der Waals surface area contributed by atoms with Crippen molar-refractivity contribution in [3.63, 3.8) is 0 Å². The van der Waals surface area contributed by atoms with E-state index in [9.17, 15) is 18.0 Å². The number of fused-ring (bicyclic) bond motifs is 1. The topological polar surface area (TPSA) is 50.4 Å². The molecule has 1 heterocycles. The lowest BCUT2D eigenvalue weighted by atomic mass is 10.2. The molecule has 2 rings (SSSR count). The van der Waals surface area contributed by atoms with Crippen LogP contribution in [0.3, 0.4) is 0 Å². The van der Waals surface area contributed by atoms with E-state index in [4.69, 9.17) is 4.74 Å². The number of ether oxygens (including phenoxy) is 1. The quantitative estimate of drug-likeness (QED) is 0.897. The van der Waals surface area contributed by atoms with Crippen LogP contribution in [0, 0.1) is 0 Å². The highest BCUT2D eigenvalue weighted by Crippen LogP contribution is 2.28. The van der Waals surface area contributed by atoms with Gasteiger partial charge in [0.25, 0.3) is 5.91 Å². The minimum atomic E-state index is -4.30. The van der Waals surface area contributed by atoms with Crippen molar-refractivity contribution < 1.29 is 22.7 Å². The smallest absolute Gasteiger partial charge is 0.391 e. The zero-order chi connectivity index (χ0) is 14.8. The molecule has 0 saturated heterocycles. The van der Waals surface area contributed by atoms with Crippen molar-refractivity contribution in [2.45, 2.75) is 31.7 Å². The summed E-state index contributed by atoms with van der Waals surface area (Å²) in [6.07, 6.45) is -6.19. The van der Waals surface area contributed by atoms with Gasteiger partial charge in [-0.25, -0.2) is 0 Å². The summed E-state index contributed by atoms with van der Waals surface area (Å²) in [5.74, 6) is -0.0360. The summed E-state index contributed by atoms with van der Waals surface area (Å²) in [5, 5.41) is 5.32. The first-order valence-corrected chi connectivity index (χ1v) is 6.22. The molecule has 1 aromatic rings. The predicted octanol–water partition coefficient (Wildman–Crippen LogP) is 2.32. The van der Waals surface area contributed by atoms with E-state index in [0.717, 1.165) is 5.69 Å². The fraction of sp³-hybridized carbons (Fsp3) is 0.462. The molecule has 2 N–H and O–H groups in total. The van der Waals surface area contributed by atoms with Crippen LogP contribution in [0.25, 0.3) is 0 Å². The van der Waals surface area contributed by atoms with Gasteiger partial charge in [-0.3, -0.25) is 4.79 Å². The van der Waals surface area contributed by atoms with Crippen LogP contribution >= 0.6 is 0 Å². The largest absolute Gasteiger partial charge is 0.477 e. The molecule has 110 valence electrons.